The Hall–Kier alpha value is -0.700. The first kappa shape index (κ1) is 7.92. The number of hydrogen-bond donors (Lipinski definition) is 0. The molecule has 0 aromatic carbocycles. The molecule has 1 unspecified atom stereocenters. The fraction of sp³-hybridized carbons (Fsp3) is 0.556. The van der Waals surface area contributed by atoms with Crippen molar-refractivity contribution in [1.29, 1.82) is 0 Å². The second-order valence-electron chi connectivity index (χ2n) is 3.30. The van der Waals surface area contributed by atoms with Crippen LogP contribution in [0.1, 0.15) is 42.2 Å². The average molecular weight is 181 g/mol. The van der Waals surface area contributed by atoms with Gasteiger partial charge in [0.05, 0.1) is 11.2 Å². The molecule has 1 aliphatic carbocycles. The number of rotatable bonds is 3. The Morgan fingerprint density at radius 1 is 1.75 bits per heavy atom. The maximum absolute atomic E-state index is 10.6. The van der Waals surface area contributed by atoms with E-state index in [1.54, 1.807) is 11.3 Å². The summed E-state index contributed by atoms with van der Waals surface area (Å²) in [7, 11) is 0. The number of nitrogens with zero attached hydrogens (tertiary/aromatic N) is 1. The van der Waals surface area contributed by atoms with E-state index in [0.29, 0.717) is 5.92 Å². The summed E-state index contributed by atoms with van der Waals surface area (Å²) in [5.41, 5.74) is 3.03. The lowest BCUT2D eigenvalue weighted by Crippen LogP contribution is -1.95. The predicted molar refractivity (Wildman–Crippen MR) is 48.6 cm³/mol. The van der Waals surface area contributed by atoms with Gasteiger partial charge >= 0.3 is 0 Å². The van der Waals surface area contributed by atoms with E-state index < -0.39 is 0 Å². The minimum absolute atomic E-state index is 0.0353. The second-order valence-corrected chi connectivity index (χ2v) is 4.19. The van der Waals surface area contributed by atoms with E-state index in [9.17, 15) is 4.79 Å². The normalized spacial score (nSPS) is 19.1. The molecule has 0 spiro atoms. The van der Waals surface area contributed by atoms with Gasteiger partial charge in [0.25, 0.3) is 0 Å². The Morgan fingerprint density at radius 2 is 2.50 bits per heavy atom. The smallest absolute Gasteiger partial charge is 0.128 e. The Balaban J connectivity index is 2.28. The molecule has 0 amide bonds. The van der Waals surface area contributed by atoms with Crippen molar-refractivity contribution >= 4 is 17.6 Å². The molecule has 2 rings (SSSR count). The summed E-state index contributed by atoms with van der Waals surface area (Å²) in [6.07, 6.45) is 3.50. The third kappa shape index (κ3) is 1.29. The first-order chi connectivity index (χ1) is 5.83. The molecule has 12 heavy (non-hydrogen) atoms. The third-order valence-electron chi connectivity index (χ3n) is 2.21. The van der Waals surface area contributed by atoms with Crippen LogP contribution in [0.25, 0.3) is 0 Å². The monoisotopic (exact) mass is 181 g/mol. The standard InChI is InChI=1S/C9H11NOS/c1-6(4-11)9-8(7-2-3-7)10-5-12-9/h4-7H,2-3H2,1H3. The van der Waals surface area contributed by atoms with Crippen LogP contribution < -0.4 is 0 Å². The van der Waals surface area contributed by atoms with Gasteiger partial charge in [-0.1, -0.05) is 6.92 Å². The summed E-state index contributed by atoms with van der Waals surface area (Å²) in [6.45, 7) is 1.94. The van der Waals surface area contributed by atoms with Gasteiger partial charge in [-0.2, -0.15) is 0 Å². The fourth-order valence-corrected chi connectivity index (χ4v) is 2.22. The minimum Gasteiger partial charge on any atom is -0.303 e. The summed E-state index contributed by atoms with van der Waals surface area (Å²) in [5, 5.41) is 0. The Labute approximate surface area is 75.6 Å². The lowest BCUT2D eigenvalue weighted by molar-refractivity contribution is -0.108. The Morgan fingerprint density at radius 3 is 3.08 bits per heavy atom. The zero-order valence-corrected chi connectivity index (χ0v) is 7.80. The van der Waals surface area contributed by atoms with E-state index in [0.717, 1.165) is 6.29 Å². The highest BCUT2D eigenvalue weighted by atomic mass is 32.1. The molecule has 0 N–H and O–H groups in total. The number of carbonyl (C=O) groups is 1. The van der Waals surface area contributed by atoms with Gasteiger partial charge in [0, 0.05) is 16.7 Å². The average Bonchev–Trinajstić information content (AvgIpc) is 2.83. The molecule has 0 saturated heterocycles. The van der Waals surface area contributed by atoms with E-state index in [2.05, 4.69) is 4.98 Å². The number of carbonyl (C=O) groups excluding carboxylic acids is 1. The van der Waals surface area contributed by atoms with Crippen LogP contribution in [0.4, 0.5) is 0 Å². The maximum Gasteiger partial charge on any atom is 0.128 e. The molecule has 1 aromatic rings. The first-order valence-corrected chi connectivity index (χ1v) is 5.09. The van der Waals surface area contributed by atoms with Crippen LogP contribution in [0.5, 0.6) is 0 Å². The van der Waals surface area contributed by atoms with Crippen molar-refractivity contribution in [3.8, 4) is 0 Å². The topological polar surface area (TPSA) is 30.0 Å². The lowest BCUT2D eigenvalue weighted by atomic mass is 10.1. The molecular formula is C9H11NOS. The van der Waals surface area contributed by atoms with Crippen molar-refractivity contribution in [2.75, 3.05) is 0 Å². The van der Waals surface area contributed by atoms with Gasteiger partial charge in [-0.25, -0.2) is 4.98 Å². The molecule has 3 heteroatoms. The highest BCUT2D eigenvalue weighted by Gasteiger charge is 2.29. The van der Waals surface area contributed by atoms with Crippen molar-refractivity contribution in [3.05, 3.63) is 16.1 Å². The van der Waals surface area contributed by atoms with E-state index in [1.807, 2.05) is 12.4 Å². The molecule has 1 aromatic heterocycles. The van der Waals surface area contributed by atoms with E-state index in [1.165, 1.54) is 23.4 Å². The second kappa shape index (κ2) is 2.98. The van der Waals surface area contributed by atoms with Gasteiger partial charge in [-0.05, 0) is 12.8 Å². The van der Waals surface area contributed by atoms with Crippen LogP contribution in [-0.2, 0) is 4.79 Å². The summed E-state index contributed by atoms with van der Waals surface area (Å²) in [5.74, 6) is 0.696. The molecular weight excluding hydrogens is 170 g/mol. The van der Waals surface area contributed by atoms with Crippen molar-refractivity contribution in [2.45, 2.75) is 31.6 Å². The molecule has 2 nitrogen and oxygen atoms in total. The van der Waals surface area contributed by atoms with Gasteiger partial charge in [0.15, 0.2) is 0 Å². The van der Waals surface area contributed by atoms with Gasteiger partial charge in [0.1, 0.15) is 6.29 Å². The van der Waals surface area contributed by atoms with Crippen molar-refractivity contribution in [1.82, 2.24) is 4.98 Å². The highest BCUT2D eigenvalue weighted by Crippen LogP contribution is 2.43. The Kier molecular flexibility index (Phi) is 1.97. The van der Waals surface area contributed by atoms with E-state index in [4.69, 9.17) is 0 Å². The molecule has 0 aliphatic heterocycles. The van der Waals surface area contributed by atoms with E-state index >= 15 is 0 Å². The quantitative estimate of drug-likeness (QED) is 0.670. The molecule has 1 heterocycles. The summed E-state index contributed by atoms with van der Waals surface area (Å²) >= 11 is 1.61. The number of thiazole rings is 1. The zero-order chi connectivity index (χ0) is 8.55. The molecule has 0 radical (unpaired) electrons. The van der Waals surface area contributed by atoms with Crippen LogP contribution in [0.15, 0.2) is 5.51 Å². The van der Waals surface area contributed by atoms with Crippen LogP contribution >= 0.6 is 11.3 Å². The number of aromatic nitrogens is 1. The first-order valence-electron chi connectivity index (χ1n) is 4.21. The van der Waals surface area contributed by atoms with E-state index in [-0.39, 0.29) is 5.92 Å². The lowest BCUT2D eigenvalue weighted by Gasteiger charge is -2.01. The SMILES string of the molecule is CC(C=O)c1scnc1C1CC1. The number of aldehydes is 1. The molecule has 1 atom stereocenters. The molecule has 0 bridgehead atoms. The van der Waals surface area contributed by atoms with Crippen LogP contribution in [-0.4, -0.2) is 11.3 Å². The van der Waals surface area contributed by atoms with Gasteiger partial charge in [-0.3, -0.25) is 0 Å². The van der Waals surface area contributed by atoms with Crippen LogP contribution in [0.3, 0.4) is 0 Å². The summed E-state index contributed by atoms with van der Waals surface area (Å²) in [6, 6.07) is 0. The summed E-state index contributed by atoms with van der Waals surface area (Å²) < 4.78 is 0. The van der Waals surface area contributed by atoms with Gasteiger partial charge in [0.2, 0.25) is 0 Å². The third-order valence-corrected chi connectivity index (χ3v) is 3.25. The minimum atomic E-state index is 0.0353. The zero-order valence-electron chi connectivity index (χ0n) is 6.99. The van der Waals surface area contributed by atoms with Crippen LogP contribution in [0.2, 0.25) is 0 Å². The van der Waals surface area contributed by atoms with Crippen molar-refractivity contribution in [2.24, 2.45) is 0 Å². The van der Waals surface area contributed by atoms with Crippen molar-refractivity contribution < 1.29 is 4.79 Å². The maximum atomic E-state index is 10.6. The predicted octanol–water partition coefficient (Wildman–Crippen LogP) is 2.32. The van der Waals surface area contributed by atoms with Crippen LogP contribution in [0, 0.1) is 0 Å². The molecule has 1 saturated carbocycles. The summed E-state index contributed by atoms with van der Waals surface area (Å²) in [4.78, 5) is 16.1. The number of hydrogen-bond acceptors (Lipinski definition) is 3. The molecule has 64 valence electrons. The van der Waals surface area contributed by atoms with Gasteiger partial charge in [-0.15, -0.1) is 11.3 Å². The largest absolute Gasteiger partial charge is 0.303 e. The van der Waals surface area contributed by atoms with Gasteiger partial charge < -0.3 is 4.79 Å². The fourth-order valence-electron chi connectivity index (χ4n) is 1.33. The molecule has 1 fully saturated rings. The molecule has 1 aliphatic rings. The Bertz CT molecular complexity index is 290. The highest BCUT2D eigenvalue weighted by molar-refractivity contribution is 7.10. The van der Waals surface area contributed by atoms with Crippen molar-refractivity contribution in [3.63, 3.8) is 0 Å².